The number of para-hydroxylation sites is 1. The fourth-order valence-corrected chi connectivity index (χ4v) is 1.81. The number of carbonyl (C=O) groups excluding carboxylic acids is 1. The molecule has 94 valence electrons. The number of carbonyl (C=O) groups is 1. The van der Waals surface area contributed by atoms with Crippen molar-refractivity contribution in [1.29, 1.82) is 0 Å². The van der Waals surface area contributed by atoms with Crippen molar-refractivity contribution >= 4 is 22.5 Å². The summed E-state index contributed by atoms with van der Waals surface area (Å²) in [6, 6.07) is 9.93. The second-order valence-electron chi connectivity index (χ2n) is 4.39. The Balaban J connectivity index is 2.45. The maximum absolute atomic E-state index is 11.8. The summed E-state index contributed by atoms with van der Waals surface area (Å²) in [7, 11) is 5.35. The number of nitrogens with zero attached hydrogens (tertiary/aromatic N) is 2. The summed E-state index contributed by atoms with van der Waals surface area (Å²) in [5, 5.41) is 4.17. The molecule has 0 saturated heterocycles. The van der Waals surface area contributed by atoms with Gasteiger partial charge in [-0.3, -0.25) is 9.78 Å². The molecule has 1 N–H and O–H groups in total. The summed E-state index contributed by atoms with van der Waals surface area (Å²) < 4.78 is 0. The second-order valence-corrected chi connectivity index (χ2v) is 4.39. The largest absolute Gasteiger partial charge is 0.387 e. The first-order valence-corrected chi connectivity index (χ1v) is 5.88. The summed E-state index contributed by atoms with van der Waals surface area (Å²) in [6.45, 7) is 0. The fourth-order valence-electron chi connectivity index (χ4n) is 1.81. The molecule has 4 nitrogen and oxygen atoms in total. The van der Waals surface area contributed by atoms with Crippen molar-refractivity contribution in [2.75, 3.05) is 26.5 Å². The van der Waals surface area contributed by atoms with Gasteiger partial charge in [-0.15, -0.1) is 0 Å². The van der Waals surface area contributed by atoms with Crippen molar-refractivity contribution in [2.45, 2.75) is 6.42 Å². The summed E-state index contributed by atoms with van der Waals surface area (Å²) >= 11 is 0. The molecule has 1 amide bonds. The highest BCUT2D eigenvalue weighted by Gasteiger charge is 2.11. The van der Waals surface area contributed by atoms with E-state index in [4.69, 9.17) is 0 Å². The Hall–Kier alpha value is -2.10. The minimum absolute atomic E-state index is 0.0503. The number of amides is 1. The van der Waals surface area contributed by atoms with Crippen LogP contribution in [-0.2, 0) is 11.2 Å². The smallest absolute Gasteiger partial charge is 0.228 e. The van der Waals surface area contributed by atoms with Gasteiger partial charge in [-0.2, -0.15) is 0 Å². The molecule has 0 saturated carbocycles. The van der Waals surface area contributed by atoms with E-state index in [0.717, 1.165) is 22.3 Å². The number of likely N-dealkylation sites (N-methyl/N-ethyl adjacent to an activating group) is 1. The van der Waals surface area contributed by atoms with E-state index in [1.807, 2.05) is 37.4 Å². The van der Waals surface area contributed by atoms with E-state index in [-0.39, 0.29) is 5.91 Å². The zero-order chi connectivity index (χ0) is 13.1. The van der Waals surface area contributed by atoms with Gasteiger partial charge in [0.05, 0.1) is 23.3 Å². The van der Waals surface area contributed by atoms with Gasteiger partial charge in [-0.25, -0.2) is 0 Å². The first-order valence-electron chi connectivity index (χ1n) is 5.88. The number of aromatic nitrogens is 1. The van der Waals surface area contributed by atoms with Crippen LogP contribution in [0.4, 0.5) is 5.69 Å². The van der Waals surface area contributed by atoms with Crippen molar-refractivity contribution in [1.82, 2.24) is 9.88 Å². The molecule has 1 heterocycles. The number of benzene rings is 1. The Bertz CT molecular complexity index is 578. The maximum Gasteiger partial charge on any atom is 0.228 e. The van der Waals surface area contributed by atoms with Gasteiger partial charge < -0.3 is 10.2 Å². The molecule has 0 radical (unpaired) electrons. The third-order valence-corrected chi connectivity index (χ3v) is 2.89. The van der Waals surface area contributed by atoms with Gasteiger partial charge in [0.1, 0.15) is 0 Å². The van der Waals surface area contributed by atoms with E-state index in [0.29, 0.717) is 6.42 Å². The van der Waals surface area contributed by atoms with Crippen molar-refractivity contribution in [3.8, 4) is 0 Å². The normalized spacial score (nSPS) is 10.4. The van der Waals surface area contributed by atoms with Crippen LogP contribution in [0.25, 0.3) is 10.9 Å². The van der Waals surface area contributed by atoms with Crippen LogP contribution < -0.4 is 5.32 Å². The van der Waals surface area contributed by atoms with Crippen LogP contribution in [-0.4, -0.2) is 36.9 Å². The Morgan fingerprint density at radius 3 is 2.72 bits per heavy atom. The molecule has 2 rings (SSSR count). The summed E-state index contributed by atoms with van der Waals surface area (Å²) in [6.07, 6.45) is 0.313. The van der Waals surface area contributed by atoms with Gasteiger partial charge in [0.15, 0.2) is 0 Å². The first-order chi connectivity index (χ1) is 8.61. The Labute approximate surface area is 107 Å². The number of anilines is 1. The minimum atomic E-state index is 0.0503. The summed E-state index contributed by atoms with van der Waals surface area (Å²) in [5.41, 5.74) is 2.61. The standard InChI is InChI=1S/C14H17N3O/c1-15-12-8-10-6-4-5-7-11(10)16-13(12)9-14(18)17(2)3/h4-8,15H,9H2,1-3H3. The van der Waals surface area contributed by atoms with E-state index in [1.165, 1.54) is 0 Å². The molecule has 0 unspecified atom stereocenters. The van der Waals surface area contributed by atoms with Crippen LogP contribution in [0.2, 0.25) is 0 Å². The third-order valence-electron chi connectivity index (χ3n) is 2.89. The molecule has 0 aliphatic heterocycles. The van der Waals surface area contributed by atoms with E-state index in [1.54, 1.807) is 19.0 Å². The monoisotopic (exact) mass is 243 g/mol. The van der Waals surface area contributed by atoms with Crippen molar-refractivity contribution in [3.63, 3.8) is 0 Å². The second kappa shape index (κ2) is 5.04. The SMILES string of the molecule is CNc1cc2ccccc2nc1CC(=O)N(C)C. The van der Waals surface area contributed by atoms with Crippen LogP contribution in [0, 0.1) is 0 Å². The molecule has 0 aliphatic rings. The molecular formula is C14H17N3O. The number of hydrogen-bond donors (Lipinski definition) is 1. The van der Waals surface area contributed by atoms with Gasteiger partial charge >= 0.3 is 0 Å². The number of nitrogens with one attached hydrogen (secondary N) is 1. The van der Waals surface area contributed by atoms with Crippen LogP contribution >= 0.6 is 0 Å². The van der Waals surface area contributed by atoms with Gasteiger partial charge in [-0.1, -0.05) is 18.2 Å². The highest BCUT2D eigenvalue weighted by atomic mass is 16.2. The van der Waals surface area contributed by atoms with Gasteiger partial charge in [0, 0.05) is 26.5 Å². The zero-order valence-electron chi connectivity index (χ0n) is 10.9. The first kappa shape index (κ1) is 12.4. The van der Waals surface area contributed by atoms with Crippen molar-refractivity contribution in [2.24, 2.45) is 0 Å². The van der Waals surface area contributed by atoms with E-state index < -0.39 is 0 Å². The number of fused-ring (bicyclic) bond motifs is 1. The predicted molar refractivity (Wildman–Crippen MR) is 73.7 cm³/mol. The molecule has 1 aromatic heterocycles. The zero-order valence-corrected chi connectivity index (χ0v) is 10.9. The van der Waals surface area contributed by atoms with Crippen molar-refractivity contribution in [3.05, 3.63) is 36.0 Å². The van der Waals surface area contributed by atoms with E-state index >= 15 is 0 Å². The van der Waals surface area contributed by atoms with Crippen molar-refractivity contribution < 1.29 is 4.79 Å². The third kappa shape index (κ3) is 2.42. The topological polar surface area (TPSA) is 45.2 Å². The molecular weight excluding hydrogens is 226 g/mol. The predicted octanol–water partition coefficient (Wildman–Crippen LogP) is 1.91. The molecule has 0 fully saturated rings. The number of rotatable bonds is 3. The number of pyridine rings is 1. The lowest BCUT2D eigenvalue weighted by atomic mass is 10.1. The lowest BCUT2D eigenvalue weighted by Crippen LogP contribution is -2.24. The van der Waals surface area contributed by atoms with Gasteiger partial charge in [0.2, 0.25) is 5.91 Å². The lowest BCUT2D eigenvalue weighted by Gasteiger charge is -2.13. The van der Waals surface area contributed by atoms with Crippen LogP contribution in [0.3, 0.4) is 0 Å². The Kier molecular flexibility index (Phi) is 3.46. The van der Waals surface area contributed by atoms with Crippen LogP contribution in [0.15, 0.2) is 30.3 Å². The Morgan fingerprint density at radius 2 is 2.06 bits per heavy atom. The molecule has 1 aromatic carbocycles. The van der Waals surface area contributed by atoms with Gasteiger partial charge in [0.25, 0.3) is 0 Å². The molecule has 2 aromatic rings. The molecule has 4 heteroatoms. The highest BCUT2D eigenvalue weighted by Crippen LogP contribution is 2.21. The molecule has 18 heavy (non-hydrogen) atoms. The molecule has 0 bridgehead atoms. The fraction of sp³-hybridized carbons (Fsp3) is 0.286. The highest BCUT2D eigenvalue weighted by molar-refractivity contribution is 5.85. The quantitative estimate of drug-likeness (QED) is 0.895. The summed E-state index contributed by atoms with van der Waals surface area (Å²) in [4.78, 5) is 17.9. The average molecular weight is 243 g/mol. The lowest BCUT2D eigenvalue weighted by molar-refractivity contribution is -0.128. The minimum Gasteiger partial charge on any atom is -0.387 e. The molecule has 0 atom stereocenters. The van der Waals surface area contributed by atoms with Crippen LogP contribution in [0.5, 0.6) is 0 Å². The van der Waals surface area contributed by atoms with Crippen LogP contribution in [0.1, 0.15) is 5.69 Å². The summed E-state index contributed by atoms with van der Waals surface area (Å²) in [5.74, 6) is 0.0503. The van der Waals surface area contributed by atoms with E-state index in [2.05, 4.69) is 10.3 Å². The maximum atomic E-state index is 11.8. The molecule has 0 aliphatic carbocycles. The Morgan fingerprint density at radius 1 is 1.33 bits per heavy atom. The number of hydrogen-bond acceptors (Lipinski definition) is 3. The van der Waals surface area contributed by atoms with Gasteiger partial charge in [-0.05, 0) is 12.1 Å². The van der Waals surface area contributed by atoms with E-state index in [9.17, 15) is 4.79 Å². The molecule has 0 spiro atoms. The average Bonchev–Trinajstić information content (AvgIpc) is 2.37.